The average Bonchev–Trinajstić information content (AvgIpc) is 2.60. The fourth-order valence-corrected chi connectivity index (χ4v) is 4.36. The molecule has 0 saturated carbocycles. The summed E-state index contributed by atoms with van der Waals surface area (Å²) in [7, 11) is 0. The fourth-order valence-electron chi connectivity index (χ4n) is 2.82. The van der Waals surface area contributed by atoms with E-state index in [1.165, 1.54) is 0 Å². The van der Waals surface area contributed by atoms with E-state index in [4.69, 9.17) is 0 Å². The Kier molecular flexibility index (Phi) is 3.78. The van der Waals surface area contributed by atoms with Crippen LogP contribution in [0.1, 0.15) is 0 Å². The van der Waals surface area contributed by atoms with Crippen LogP contribution in [-0.4, -0.2) is 4.92 Å². The lowest BCUT2D eigenvalue weighted by Gasteiger charge is -2.32. The molecule has 0 radical (unpaired) electrons. The number of hydrogen-bond acceptors (Lipinski definition) is 4. The number of benzene rings is 3. The van der Waals surface area contributed by atoms with E-state index in [1.54, 1.807) is 23.9 Å². The second-order valence-corrected chi connectivity index (χ2v) is 7.18. The summed E-state index contributed by atoms with van der Waals surface area (Å²) in [6.45, 7) is 0. The van der Waals surface area contributed by atoms with Gasteiger partial charge in [0.05, 0.1) is 16.3 Å². The molecule has 0 aliphatic carbocycles. The Morgan fingerprint density at radius 2 is 1.54 bits per heavy atom. The number of para-hydroxylation sites is 3. The van der Waals surface area contributed by atoms with Crippen LogP contribution >= 0.6 is 27.7 Å². The van der Waals surface area contributed by atoms with Crippen LogP contribution < -0.4 is 4.90 Å². The van der Waals surface area contributed by atoms with Gasteiger partial charge in [0.15, 0.2) is 0 Å². The number of nitro groups is 1. The largest absolute Gasteiger partial charge is 0.301 e. The summed E-state index contributed by atoms with van der Waals surface area (Å²) in [6.07, 6.45) is 0. The molecule has 0 amide bonds. The topological polar surface area (TPSA) is 46.4 Å². The van der Waals surface area contributed by atoms with Crippen molar-refractivity contribution in [1.29, 1.82) is 0 Å². The van der Waals surface area contributed by atoms with Crippen molar-refractivity contribution in [3.05, 3.63) is 81.3 Å². The van der Waals surface area contributed by atoms with E-state index in [-0.39, 0.29) is 10.6 Å². The van der Waals surface area contributed by atoms with Crippen molar-refractivity contribution in [3.63, 3.8) is 0 Å². The Hall–Kier alpha value is -2.31. The zero-order valence-electron chi connectivity index (χ0n) is 12.3. The lowest BCUT2D eigenvalue weighted by molar-refractivity contribution is -0.384. The highest BCUT2D eigenvalue weighted by Gasteiger charge is 2.32. The van der Waals surface area contributed by atoms with Gasteiger partial charge in [-0.25, -0.2) is 0 Å². The monoisotopic (exact) mass is 398 g/mol. The van der Waals surface area contributed by atoms with Gasteiger partial charge < -0.3 is 4.90 Å². The highest BCUT2D eigenvalue weighted by Crippen LogP contribution is 2.55. The van der Waals surface area contributed by atoms with E-state index in [2.05, 4.69) is 15.9 Å². The van der Waals surface area contributed by atoms with E-state index < -0.39 is 0 Å². The first kappa shape index (κ1) is 15.2. The molecule has 1 heterocycles. The Morgan fingerprint density at radius 1 is 0.875 bits per heavy atom. The smallest absolute Gasteiger partial charge is 0.294 e. The molecule has 118 valence electrons. The third-order valence-corrected chi connectivity index (χ3v) is 5.60. The molecule has 0 N–H and O–H groups in total. The van der Waals surface area contributed by atoms with Crippen LogP contribution in [0, 0.1) is 10.1 Å². The van der Waals surface area contributed by atoms with Gasteiger partial charge in [0.2, 0.25) is 0 Å². The summed E-state index contributed by atoms with van der Waals surface area (Å²) in [6, 6.07) is 20.9. The maximum Gasteiger partial charge on any atom is 0.294 e. The number of rotatable bonds is 2. The van der Waals surface area contributed by atoms with Gasteiger partial charge >= 0.3 is 0 Å². The van der Waals surface area contributed by atoms with E-state index in [0.29, 0.717) is 5.69 Å². The van der Waals surface area contributed by atoms with Crippen molar-refractivity contribution in [1.82, 2.24) is 0 Å². The molecule has 4 nitrogen and oxygen atoms in total. The summed E-state index contributed by atoms with van der Waals surface area (Å²) in [5.41, 5.74) is 2.53. The summed E-state index contributed by atoms with van der Waals surface area (Å²) in [5, 5.41) is 11.6. The van der Waals surface area contributed by atoms with Crippen molar-refractivity contribution in [3.8, 4) is 0 Å². The van der Waals surface area contributed by atoms with Crippen molar-refractivity contribution in [2.24, 2.45) is 0 Å². The van der Waals surface area contributed by atoms with Gasteiger partial charge in [-0.15, -0.1) is 0 Å². The van der Waals surface area contributed by atoms with Gasteiger partial charge in [-0.3, -0.25) is 10.1 Å². The van der Waals surface area contributed by atoms with Crippen LogP contribution in [0.3, 0.4) is 0 Å². The molecule has 3 aromatic rings. The molecule has 24 heavy (non-hydrogen) atoms. The van der Waals surface area contributed by atoms with Crippen LogP contribution in [0.4, 0.5) is 22.7 Å². The normalized spacial score (nSPS) is 12.5. The molecule has 0 bridgehead atoms. The number of anilines is 3. The molecule has 1 aliphatic rings. The quantitative estimate of drug-likeness (QED) is 0.294. The number of nitro benzene ring substituents is 1. The summed E-state index contributed by atoms with van der Waals surface area (Å²) in [5.74, 6) is 0. The molecule has 4 rings (SSSR count). The molecular weight excluding hydrogens is 388 g/mol. The highest BCUT2D eigenvalue weighted by molar-refractivity contribution is 9.10. The zero-order chi connectivity index (χ0) is 16.7. The molecule has 6 heteroatoms. The number of hydrogen-bond donors (Lipinski definition) is 0. The van der Waals surface area contributed by atoms with Gasteiger partial charge in [-0.05, 0) is 46.3 Å². The molecular formula is C18H11BrN2O2S. The van der Waals surface area contributed by atoms with Crippen molar-refractivity contribution in [2.45, 2.75) is 9.79 Å². The van der Waals surface area contributed by atoms with Crippen LogP contribution in [0.5, 0.6) is 0 Å². The van der Waals surface area contributed by atoms with Crippen molar-refractivity contribution in [2.75, 3.05) is 4.90 Å². The number of halogens is 1. The Morgan fingerprint density at radius 3 is 2.29 bits per heavy atom. The molecule has 0 saturated heterocycles. The minimum Gasteiger partial charge on any atom is -0.301 e. The first-order valence-corrected chi connectivity index (χ1v) is 8.87. The number of nitrogens with zero attached hydrogens (tertiary/aromatic N) is 2. The standard InChI is InChI=1S/C18H11BrN2O2S/c19-12-6-1-2-7-13(12)20-14-8-3-4-10-16(14)24-17-11-5-9-15(18(17)20)21(22)23/h1-11H. The Labute approximate surface area is 151 Å². The fraction of sp³-hybridized carbons (Fsp3) is 0. The summed E-state index contributed by atoms with van der Waals surface area (Å²) in [4.78, 5) is 15.2. The van der Waals surface area contributed by atoms with Gasteiger partial charge in [0.25, 0.3) is 5.69 Å². The molecule has 0 unspecified atom stereocenters. The molecule has 3 aromatic carbocycles. The van der Waals surface area contributed by atoms with Gasteiger partial charge in [-0.2, -0.15) is 0 Å². The van der Waals surface area contributed by atoms with Crippen LogP contribution in [0.15, 0.2) is 81.0 Å². The Bertz CT molecular complexity index is 950. The average molecular weight is 399 g/mol. The third-order valence-electron chi connectivity index (χ3n) is 3.82. The van der Waals surface area contributed by atoms with Crippen LogP contribution in [-0.2, 0) is 0 Å². The predicted molar refractivity (Wildman–Crippen MR) is 99.6 cm³/mol. The summed E-state index contributed by atoms with van der Waals surface area (Å²) < 4.78 is 0.885. The first-order chi connectivity index (χ1) is 11.7. The van der Waals surface area contributed by atoms with Crippen molar-refractivity contribution < 1.29 is 4.92 Å². The minimum absolute atomic E-state index is 0.102. The molecule has 0 spiro atoms. The van der Waals surface area contributed by atoms with Gasteiger partial charge in [0.1, 0.15) is 5.69 Å². The van der Waals surface area contributed by atoms with E-state index in [9.17, 15) is 10.1 Å². The van der Waals surface area contributed by atoms with Crippen molar-refractivity contribution >= 4 is 50.4 Å². The van der Waals surface area contributed by atoms with E-state index >= 15 is 0 Å². The number of fused-ring (bicyclic) bond motifs is 2. The minimum atomic E-state index is -0.322. The van der Waals surface area contributed by atoms with Gasteiger partial charge in [-0.1, -0.05) is 42.1 Å². The first-order valence-electron chi connectivity index (χ1n) is 7.26. The summed E-state index contributed by atoms with van der Waals surface area (Å²) >= 11 is 5.14. The van der Waals surface area contributed by atoms with Crippen LogP contribution in [0.2, 0.25) is 0 Å². The maximum atomic E-state index is 11.6. The Balaban J connectivity index is 2.06. The van der Waals surface area contributed by atoms with Crippen LogP contribution in [0.25, 0.3) is 0 Å². The molecule has 0 aromatic heterocycles. The second kappa shape index (κ2) is 5.96. The highest BCUT2D eigenvalue weighted by atomic mass is 79.9. The lowest BCUT2D eigenvalue weighted by Crippen LogP contribution is -2.16. The molecule has 0 fully saturated rings. The molecule has 0 atom stereocenters. The lowest BCUT2D eigenvalue weighted by atomic mass is 10.1. The van der Waals surface area contributed by atoms with E-state index in [0.717, 1.165) is 25.6 Å². The maximum absolute atomic E-state index is 11.6. The predicted octanol–water partition coefficient (Wildman–Crippen LogP) is 6.29. The zero-order valence-corrected chi connectivity index (χ0v) is 14.8. The second-order valence-electron chi connectivity index (χ2n) is 5.24. The third kappa shape index (κ3) is 2.39. The van der Waals surface area contributed by atoms with Gasteiger partial charge in [0, 0.05) is 20.3 Å². The molecule has 1 aliphatic heterocycles. The SMILES string of the molecule is O=[N+]([O-])c1cccc2c1N(c1ccccc1Br)c1ccccc1S2. The van der Waals surface area contributed by atoms with E-state index in [1.807, 2.05) is 59.5 Å².